The molecular weight excluding hydrogens is 282 g/mol. The van der Waals surface area contributed by atoms with E-state index in [0.717, 1.165) is 21.8 Å². The molecule has 3 aromatic rings. The Kier molecular flexibility index (Phi) is 3.79. The molecule has 0 atom stereocenters. The predicted molar refractivity (Wildman–Crippen MR) is 86.1 cm³/mol. The number of nitrogen functional groups attached to an aromatic ring is 1. The standard InChI is InChI=1S/C15H17N5S/c1-10(2)20-14(16)18-19-15(20)21-9-12-6-3-5-11-7-4-8-17-13(11)12/h3-8,10H,9H2,1-2H3,(H2,16,18). The second-order valence-corrected chi connectivity index (χ2v) is 6.03. The number of nitrogens with two attached hydrogens (primary N) is 1. The first-order valence-electron chi connectivity index (χ1n) is 6.82. The van der Waals surface area contributed by atoms with Crippen LogP contribution in [0, 0.1) is 0 Å². The average molecular weight is 299 g/mol. The second-order valence-electron chi connectivity index (χ2n) is 5.09. The highest BCUT2D eigenvalue weighted by atomic mass is 32.2. The van der Waals surface area contributed by atoms with Gasteiger partial charge >= 0.3 is 0 Å². The summed E-state index contributed by atoms with van der Waals surface area (Å²) in [5, 5.41) is 10.1. The van der Waals surface area contributed by atoms with Crippen molar-refractivity contribution in [3.8, 4) is 0 Å². The van der Waals surface area contributed by atoms with Gasteiger partial charge in [-0.2, -0.15) is 0 Å². The third kappa shape index (κ3) is 2.71. The zero-order valence-corrected chi connectivity index (χ0v) is 12.8. The van der Waals surface area contributed by atoms with Gasteiger partial charge in [0.1, 0.15) is 0 Å². The first-order valence-corrected chi connectivity index (χ1v) is 7.81. The summed E-state index contributed by atoms with van der Waals surface area (Å²) in [6.45, 7) is 4.15. The highest BCUT2D eigenvalue weighted by molar-refractivity contribution is 7.98. The van der Waals surface area contributed by atoms with Gasteiger partial charge in [0.25, 0.3) is 0 Å². The Morgan fingerprint density at radius 2 is 2.00 bits per heavy atom. The minimum Gasteiger partial charge on any atom is -0.368 e. The third-order valence-electron chi connectivity index (χ3n) is 3.28. The quantitative estimate of drug-likeness (QED) is 0.749. The van der Waals surface area contributed by atoms with Crippen LogP contribution in [0.15, 0.2) is 41.7 Å². The number of rotatable bonds is 4. The van der Waals surface area contributed by atoms with E-state index in [0.29, 0.717) is 5.95 Å². The van der Waals surface area contributed by atoms with E-state index in [1.165, 1.54) is 5.56 Å². The lowest BCUT2D eigenvalue weighted by Crippen LogP contribution is -2.07. The van der Waals surface area contributed by atoms with Crippen LogP contribution < -0.4 is 5.73 Å². The lowest BCUT2D eigenvalue weighted by atomic mass is 10.1. The van der Waals surface area contributed by atoms with E-state index in [9.17, 15) is 0 Å². The largest absolute Gasteiger partial charge is 0.368 e. The van der Waals surface area contributed by atoms with Crippen LogP contribution in [0.2, 0.25) is 0 Å². The molecule has 0 bridgehead atoms. The molecule has 2 aromatic heterocycles. The number of para-hydroxylation sites is 1. The summed E-state index contributed by atoms with van der Waals surface area (Å²) in [7, 11) is 0. The predicted octanol–water partition coefficient (Wildman–Crippen LogP) is 3.28. The normalized spacial score (nSPS) is 11.4. The molecule has 0 saturated carbocycles. The topological polar surface area (TPSA) is 69.6 Å². The number of aromatic nitrogens is 4. The van der Waals surface area contributed by atoms with Gasteiger partial charge in [0.05, 0.1) is 5.52 Å². The molecule has 3 rings (SSSR count). The Morgan fingerprint density at radius 3 is 2.81 bits per heavy atom. The van der Waals surface area contributed by atoms with Crippen molar-refractivity contribution in [2.24, 2.45) is 0 Å². The van der Waals surface area contributed by atoms with E-state index in [1.54, 1.807) is 11.8 Å². The van der Waals surface area contributed by atoms with Crippen molar-refractivity contribution >= 4 is 28.6 Å². The Balaban J connectivity index is 1.87. The zero-order chi connectivity index (χ0) is 14.8. The molecule has 0 saturated heterocycles. The van der Waals surface area contributed by atoms with Crippen LogP contribution in [0.3, 0.4) is 0 Å². The first-order chi connectivity index (χ1) is 10.2. The Labute approximate surface area is 127 Å². The molecule has 0 aliphatic heterocycles. The van der Waals surface area contributed by atoms with Crippen LogP contribution in [-0.4, -0.2) is 19.7 Å². The van der Waals surface area contributed by atoms with Crippen LogP contribution in [0.4, 0.5) is 5.95 Å². The number of thioether (sulfide) groups is 1. The van der Waals surface area contributed by atoms with Gasteiger partial charge in [-0.15, -0.1) is 10.2 Å². The molecule has 108 valence electrons. The monoisotopic (exact) mass is 299 g/mol. The Hall–Kier alpha value is -2.08. The number of hydrogen-bond acceptors (Lipinski definition) is 5. The molecule has 0 unspecified atom stereocenters. The fourth-order valence-corrected chi connectivity index (χ4v) is 3.36. The molecule has 2 N–H and O–H groups in total. The van der Waals surface area contributed by atoms with E-state index < -0.39 is 0 Å². The molecule has 5 nitrogen and oxygen atoms in total. The lowest BCUT2D eigenvalue weighted by molar-refractivity contribution is 0.557. The fraction of sp³-hybridized carbons (Fsp3) is 0.267. The van der Waals surface area contributed by atoms with Crippen LogP contribution in [0.5, 0.6) is 0 Å². The zero-order valence-electron chi connectivity index (χ0n) is 12.0. The highest BCUT2D eigenvalue weighted by Gasteiger charge is 2.13. The van der Waals surface area contributed by atoms with Crippen molar-refractivity contribution in [3.63, 3.8) is 0 Å². The van der Waals surface area contributed by atoms with Gasteiger partial charge in [0.2, 0.25) is 5.95 Å². The van der Waals surface area contributed by atoms with Crippen molar-refractivity contribution in [2.45, 2.75) is 30.8 Å². The van der Waals surface area contributed by atoms with Crippen molar-refractivity contribution in [1.82, 2.24) is 19.7 Å². The number of nitrogens with zero attached hydrogens (tertiary/aromatic N) is 4. The van der Waals surface area contributed by atoms with Gasteiger partial charge in [-0.1, -0.05) is 36.0 Å². The molecule has 0 amide bonds. The van der Waals surface area contributed by atoms with E-state index in [2.05, 4.69) is 53.3 Å². The summed E-state index contributed by atoms with van der Waals surface area (Å²) >= 11 is 1.63. The Morgan fingerprint density at radius 1 is 1.19 bits per heavy atom. The molecule has 6 heteroatoms. The number of anilines is 1. The van der Waals surface area contributed by atoms with Crippen LogP contribution in [-0.2, 0) is 5.75 Å². The highest BCUT2D eigenvalue weighted by Crippen LogP contribution is 2.28. The maximum absolute atomic E-state index is 5.87. The molecule has 0 aliphatic rings. The summed E-state index contributed by atoms with van der Waals surface area (Å²) < 4.78 is 1.95. The molecule has 0 spiro atoms. The number of benzene rings is 1. The van der Waals surface area contributed by atoms with Gasteiger partial charge in [0.15, 0.2) is 5.16 Å². The van der Waals surface area contributed by atoms with Crippen molar-refractivity contribution in [3.05, 3.63) is 42.1 Å². The van der Waals surface area contributed by atoms with Gasteiger partial charge in [-0.25, -0.2) is 0 Å². The van der Waals surface area contributed by atoms with Crippen LogP contribution in [0.25, 0.3) is 10.9 Å². The minimum absolute atomic E-state index is 0.244. The maximum atomic E-state index is 5.87. The smallest absolute Gasteiger partial charge is 0.222 e. The molecular formula is C15H17N5S. The van der Waals surface area contributed by atoms with Gasteiger partial charge in [-0.05, 0) is 25.5 Å². The van der Waals surface area contributed by atoms with E-state index >= 15 is 0 Å². The van der Waals surface area contributed by atoms with Crippen molar-refractivity contribution < 1.29 is 0 Å². The van der Waals surface area contributed by atoms with E-state index in [1.807, 2.05) is 16.8 Å². The number of pyridine rings is 1. The molecule has 21 heavy (non-hydrogen) atoms. The Bertz CT molecular complexity index is 760. The maximum Gasteiger partial charge on any atom is 0.222 e. The van der Waals surface area contributed by atoms with Crippen LogP contribution >= 0.6 is 11.8 Å². The number of fused-ring (bicyclic) bond motifs is 1. The van der Waals surface area contributed by atoms with Crippen LogP contribution in [0.1, 0.15) is 25.5 Å². The summed E-state index contributed by atoms with van der Waals surface area (Å²) in [6.07, 6.45) is 1.82. The van der Waals surface area contributed by atoms with Gasteiger partial charge < -0.3 is 5.73 Å². The average Bonchev–Trinajstić information content (AvgIpc) is 2.86. The van der Waals surface area contributed by atoms with Gasteiger partial charge in [-0.3, -0.25) is 9.55 Å². The third-order valence-corrected chi connectivity index (χ3v) is 4.27. The lowest BCUT2D eigenvalue weighted by Gasteiger charge is -2.11. The van der Waals surface area contributed by atoms with Gasteiger partial charge in [0, 0.05) is 23.4 Å². The molecule has 1 aromatic carbocycles. The first kappa shape index (κ1) is 13.9. The second kappa shape index (κ2) is 5.73. The summed E-state index contributed by atoms with van der Waals surface area (Å²) in [5.74, 6) is 1.25. The summed E-state index contributed by atoms with van der Waals surface area (Å²) in [5.41, 5.74) is 8.09. The number of hydrogen-bond donors (Lipinski definition) is 1. The molecule has 2 heterocycles. The molecule has 0 radical (unpaired) electrons. The van der Waals surface area contributed by atoms with E-state index in [-0.39, 0.29) is 6.04 Å². The van der Waals surface area contributed by atoms with Crippen molar-refractivity contribution in [2.75, 3.05) is 5.73 Å². The minimum atomic E-state index is 0.244. The van der Waals surface area contributed by atoms with Crippen molar-refractivity contribution in [1.29, 1.82) is 0 Å². The molecule has 0 fully saturated rings. The summed E-state index contributed by atoms with van der Waals surface area (Å²) in [6, 6.07) is 10.5. The summed E-state index contributed by atoms with van der Waals surface area (Å²) in [4.78, 5) is 4.48. The molecule has 0 aliphatic carbocycles. The fourth-order valence-electron chi connectivity index (χ4n) is 2.30. The van der Waals surface area contributed by atoms with E-state index in [4.69, 9.17) is 5.73 Å². The SMILES string of the molecule is CC(C)n1c(N)nnc1SCc1cccc2cccnc12.